The van der Waals surface area contributed by atoms with Crippen LogP contribution in [0.4, 0.5) is 11.4 Å². The second-order valence-corrected chi connectivity index (χ2v) is 9.80. The first-order chi connectivity index (χ1) is 15.4. The number of carboxylic acids is 1. The highest BCUT2D eigenvalue weighted by atomic mass is 32.2. The Balaban J connectivity index is 1.60. The van der Waals surface area contributed by atoms with Crippen molar-refractivity contribution in [1.29, 1.82) is 0 Å². The van der Waals surface area contributed by atoms with Gasteiger partial charge >= 0.3 is 5.97 Å². The van der Waals surface area contributed by atoms with Crippen molar-refractivity contribution in [3.05, 3.63) is 44.6 Å². The number of oxime groups is 1. The number of nitrogen functional groups attached to an aromatic ring is 1. The molecule has 0 saturated heterocycles. The number of thioether (sulfide) groups is 1. The lowest BCUT2D eigenvalue weighted by Crippen LogP contribution is -2.38. The van der Waals surface area contributed by atoms with E-state index in [1.165, 1.54) is 16.7 Å². The fourth-order valence-corrected chi connectivity index (χ4v) is 5.85. The largest absolute Gasteiger partial charge is 0.477 e. The summed E-state index contributed by atoms with van der Waals surface area (Å²) in [4.78, 5) is 33.2. The minimum absolute atomic E-state index is 0.210. The Kier molecular flexibility index (Phi) is 5.16. The number of hydrogen-bond acceptors (Lipinski definition) is 7. The van der Waals surface area contributed by atoms with Crippen LogP contribution in [0.1, 0.15) is 42.6 Å². The number of aromatic nitrogens is 1. The molecule has 1 saturated carbocycles. The Labute approximate surface area is 189 Å². The zero-order chi connectivity index (χ0) is 22.6. The summed E-state index contributed by atoms with van der Waals surface area (Å²) in [5.41, 5.74) is 10.00. The summed E-state index contributed by atoms with van der Waals surface area (Å²) < 4.78 is 1.94. The molecule has 3 N–H and O–H groups in total. The molecule has 1 aliphatic carbocycles. The van der Waals surface area contributed by atoms with Crippen molar-refractivity contribution in [3.63, 3.8) is 0 Å². The number of nitrogens with two attached hydrogens (primary N) is 1. The van der Waals surface area contributed by atoms with Crippen molar-refractivity contribution >= 4 is 45.7 Å². The minimum atomic E-state index is -1.21. The molecule has 1 unspecified atom stereocenters. The van der Waals surface area contributed by atoms with Gasteiger partial charge < -0.3 is 25.1 Å². The van der Waals surface area contributed by atoms with E-state index in [0.29, 0.717) is 23.5 Å². The Morgan fingerprint density at radius 3 is 2.81 bits per heavy atom. The lowest BCUT2D eigenvalue weighted by Gasteiger charge is -2.37. The van der Waals surface area contributed by atoms with E-state index >= 15 is 0 Å². The molecule has 0 amide bonds. The summed E-state index contributed by atoms with van der Waals surface area (Å²) in [6.45, 7) is 3.65. The Morgan fingerprint density at radius 1 is 1.34 bits per heavy atom. The fraction of sp³-hybridized carbons (Fsp3) is 0.435. The predicted molar refractivity (Wildman–Crippen MR) is 128 cm³/mol. The molecule has 3 aliphatic rings. The molecule has 2 aliphatic heterocycles. The molecule has 0 spiro atoms. The zero-order valence-corrected chi connectivity index (χ0v) is 18.9. The van der Waals surface area contributed by atoms with Crippen LogP contribution in [-0.2, 0) is 4.84 Å². The van der Waals surface area contributed by atoms with Crippen molar-refractivity contribution < 1.29 is 14.7 Å². The van der Waals surface area contributed by atoms with Crippen LogP contribution in [0.2, 0.25) is 0 Å². The van der Waals surface area contributed by atoms with Gasteiger partial charge in [-0.2, -0.15) is 0 Å². The van der Waals surface area contributed by atoms with Gasteiger partial charge in [0.25, 0.3) is 0 Å². The number of carboxylic acid groups (broad SMARTS) is 1. The van der Waals surface area contributed by atoms with Crippen LogP contribution in [0.25, 0.3) is 10.9 Å². The van der Waals surface area contributed by atoms with Crippen LogP contribution in [0.15, 0.2) is 38.8 Å². The van der Waals surface area contributed by atoms with Crippen molar-refractivity contribution in [1.82, 2.24) is 4.57 Å². The van der Waals surface area contributed by atoms with Gasteiger partial charge in [-0.05, 0) is 36.3 Å². The summed E-state index contributed by atoms with van der Waals surface area (Å²) in [5.74, 6) is 0.0963. The van der Waals surface area contributed by atoms with Crippen molar-refractivity contribution in [3.8, 4) is 0 Å². The molecule has 0 bridgehead atoms. The number of nitrogens with zero attached hydrogens (tertiary/aromatic N) is 3. The first-order valence-electron chi connectivity index (χ1n) is 10.8. The quantitative estimate of drug-likeness (QED) is 0.538. The summed E-state index contributed by atoms with van der Waals surface area (Å²) in [6, 6.07) is 3.82. The van der Waals surface area contributed by atoms with Gasteiger partial charge in [-0.1, -0.05) is 12.1 Å². The smallest absolute Gasteiger partial charge is 0.341 e. The molecular formula is C23H26N4O4S. The van der Waals surface area contributed by atoms with Gasteiger partial charge in [0, 0.05) is 48.0 Å². The van der Waals surface area contributed by atoms with Crippen LogP contribution < -0.4 is 16.1 Å². The zero-order valence-electron chi connectivity index (χ0n) is 18.1. The highest BCUT2D eigenvalue weighted by Crippen LogP contribution is 2.41. The van der Waals surface area contributed by atoms with E-state index in [4.69, 9.17) is 10.6 Å². The summed E-state index contributed by atoms with van der Waals surface area (Å²) in [7, 11) is 1.58. The Hall–Kier alpha value is -2.94. The summed E-state index contributed by atoms with van der Waals surface area (Å²) >= 11 is 1.89. The highest BCUT2D eigenvalue weighted by molar-refractivity contribution is 8.03. The molecular weight excluding hydrogens is 428 g/mol. The Morgan fingerprint density at radius 2 is 2.12 bits per heavy atom. The monoisotopic (exact) mass is 454 g/mol. The molecule has 1 fully saturated rings. The third kappa shape index (κ3) is 3.44. The molecule has 1 aromatic carbocycles. The van der Waals surface area contributed by atoms with Gasteiger partial charge in [-0.15, -0.1) is 11.8 Å². The maximum Gasteiger partial charge on any atom is 0.341 e. The van der Waals surface area contributed by atoms with Gasteiger partial charge in [0.15, 0.2) is 0 Å². The van der Waals surface area contributed by atoms with Crippen molar-refractivity contribution in [2.75, 3.05) is 36.6 Å². The van der Waals surface area contributed by atoms with Gasteiger partial charge in [-0.25, -0.2) is 4.79 Å². The normalized spacial score (nSPS) is 22.4. The van der Waals surface area contributed by atoms with E-state index in [9.17, 15) is 14.7 Å². The molecule has 0 radical (unpaired) electrons. The standard InChI is InChI=1S/C23H26N4O4S/c1-12-11-32-20-5-6-26(9-15(20)21(12)25-31-2)19-8-18-14(7-17(19)24)22(28)16(23(29)30)10-27(18)13-3-4-13/h7-8,10,12-13H,3-6,9,11,24H2,1-2H3,(H,29,30)/b25-21+. The first-order valence-corrected chi connectivity index (χ1v) is 11.8. The Bertz CT molecular complexity index is 1240. The number of aromatic carboxylic acids is 1. The van der Waals surface area contributed by atoms with Gasteiger partial charge in [0.1, 0.15) is 12.7 Å². The number of carbonyl (C=O) groups is 1. The summed E-state index contributed by atoms with van der Waals surface area (Å²) in [5, 5.41) is 14.2. The molecule has 2 aromatic rings. The van der Waals surface area contributed by atoms with Crippen LogP contribution in [0, 0.1) is 5.92 Å². The van der Waals surface area contributed by atoms with E-state index in [1.807, 2.05) is 22.4 Å². The van der Waals surface area contributed by atoms with Crippen LogP contribution in [0.5, 0.6) is 0 Å². The number of rotatable bonds is 4. The summed E-state index contributed by atoms with van der Waals surface area (Å²) in [6.07, 6.45) is 4.34. The van der Waals surface area contributed by atoms with E-state index in [0.717, 1.165) is 48.5 Å². The molecule has 9 heteroatoms. The van der Waals surface area contributed by atoms with Crippen molar-refractivity contribution in [2.45, 2.75) is 32.2 Å². The van der Waals surface area contributed by atoms with Gasteiger partial charge in [-0.3, -0.25) is 4.79 Å². The molecule has 32 heavy (non-hydrogen) atoms. The number of pyridine rings is 1. The average Bonchev–Trinajstić information content (AvgIpc) is 3.61. The van der Waals surface area contributed by atoms with Crippen LogP contribution in [0.3, 0.4) is 0 Å². The predicted octanol–water partition coefficient (Wildman–Crippen LogP) is 3.47. The number of anilines is 2. The average molecular weight is 455 g/mol. The van der Waals surface area contributed by atoms with Gasteiger partial charge in [0.05, 0.1) is 22.6 Å². The SMILES string of the molecule is CO/N=C1/C2=C(CCN(c3cc4c(cc3N)c(=O)c(C(=O)O)cn4C3CC3)C2)SCC1C. The second-order valence-electron chi connectivity index (χ2n) is 8.69. The number of hydrogen-bond donors (Lipinski definition) is 2. The fourth-order valence-electron chi connectivity index (χ4n) is 4.66. The molecule has 3 heterocycles. The maximum atomic E-state index is 12.8. The third-order valence-electron chi connectivity index (χ3n) is 6.46. The van der Waals surface area contributed by atoms with E-state index in [2.05, 4.69) is 17.0 Å². The maximum absolute atomic E-state index is 12.8. The van der Waals surface area contributed by atoms with E-state index < -0.39 is 11.4 Å². The number of benzene rings is 1. The molecule has 168 valence electrons. The second kappa shape index (κ2) is 7.88. The molecule has 1 aromatic heterocycles. The van der Waals surface area contributed by atoms with Crippen LogP contribution in [-0.4, -0.2) is 47.3 Å². The van der Waals surface area contributed by atoms with E-state index in [-0.39, 0.29) is 11.6 Å². The van der Waals surface area contributed by atoms with Crippen LogP contribution >= 0.6 is 11.8 Å². The lowest BCUT2D eigenvalue weighted by atomic mass is 9.95. The van der Waals surface area contributed by atoms with E-state index in [1.54, 1.807) is 13.2 Å². The number of fused-ring (bicyclic) bond motifs is 1. The molecule has 5 rings (SSSR count). The minimum Gasteiger partial charge on any atom is -0.477 e. The topological polar surface area (TPSA) is 110 Å². The third-order valence-corrected chi connectivity index (χ3v) is 7.93. The lowest BCUT2D eigenvalue weighted by molar-refractivity contribution is 0.0695. The van der Waals surface area contributed by atoms with Gasteiger partial charge in [0.2, 0.25) is 5.43 Å². The molecule has 8 nitrogen and oxygen atoms in total. The highest BCUT2D eigenvalue weighted by Gasteiger charge is 2.32. The molecule has 1 atom stereocenters. The van der Waals surface area contributed by atoms with Crippen molar-refractivity contribution in [2.24, 2.45) is 11.1 Å². The first kappa shape index (κ1) is 20.9.